The molecule has 2 aromatic carbocycles. The number of aromatic amines is 1. The van der Waals surface area contributed by atoms with Crippen molar-refractivity contribution in [2.45, 2.75) is 20.3 Å². The van der Waals surface area contributed by atoms with Crippen LogP contribution in [0.25, 0.3) is 21.3 Å². The summed E-state index contributed by atoms with van der Waals surface area (Å²) in [5.74, 6) is -0.924. The van der Waals surface area contributed by atoms with E-state index in [1.165, 1.54) is 17.4 Å². The molecule has 4 N–H and O–H groups in total. The number of H-pyrrole nitrogens is 1. The van der Waals surface area contributed by atoms with Gasteiger partial charge in [0.25, 0.3) is 5.91 Å². The third kappa shape index (κ3) is 4.09. The molecule has 0 aliphatic carbocycles. The molecule has 0 spiro atoms. The van der Waals surface area contributed by atoms with Gasteiger partial charge in [-0.1, -0.05) is 18.2 Å². The lowest BCUT2D eigenvalue weighted by Gasteiger charge is -2.06. The van der Waals surface area contributed by atoms with Crippen molar-refractivity contribution in [3.8, 4) is 10.4 Å². The lowest BCUT2D eigenvalue weighted by Crippen LogP contribution is -2.25. The first-order valence-electron chi connectivity index (χ1n) is 9.89. The van der Waals surface area contributed by atoms with Gasteiger partial charge in [-0.15, -0.1) is 11.3 Å². The first-order chi connectivity index (χ1) is 14.8. The predicted octanol–water partition coefficient (Wildman–Crippen LogP) is 4.72. The lowest BCUT2D eigenvalue weighted by atomic mass is 10.0. The van der Waals surface area contributed by atoms with Gasteiger partial charge in [0.15, 0.2) is 0 Å². The van der Waals surface area contributed by atoms with Gasteiger partial charge in [-0.05, 0) is 67.3 Å². The Balaban J connectivity index is 1.46. The minimum absolute atomic E-state index is 0.164. The second kappa shape index (κ2) is 8.35. The van der Waals surface area contributed by atoms with Crippen molar-refractivity contribution in [1.82, 2.24) is 10.3 Å². The number of hydrogen-bond donors (Lipinski definition) is 3. The Morgan fingerprint density at radius 1 is 1.13 bits per heavy atom. The third-order valence-electron chi connectivity index (χ3n) is 5.35. The van der Waals surface area contributed by atoms with Gasteiger partial charge < -0.3 is 16.0 Å². The fourth-order valence-electron chi connectivity index (χ4n) is 3.78. The van der Waals surface area contributed by atoms with Gasteiger partial charge in [-0.2, -0.15) is 0 Å². The van der Waals surface area contributed by atoms with E-state index in [-0.39, 0.29) is 11.7 Å². The molecule has 2 amide bonds. The zero-order valence-corrected chi connectivity index (χ0v) is 18.0. The highest BCUT2D eigenvalue weighted by Crippen LogP contribution is 2.29. The number of nitrogens with two attached hydrogens (primary N) is 1. The molecule has 0 radical (unpaired) electrons. The molecule has 0 saturated carbocycles. The average molecular weight is 436 g/mol. The zero-order valence-electron chi connectivity index (χ0n) is 17.2. The maximum Gasteiger partial charge on any atom is 0.261 e. The molecule has 4 aromatic rings. The highest BCUT2D eigenvalue weighted by atomic mass is 32.1. The van der Waals surface area contributed by atoms with E-state index in [1.54, 1.807) is 30.3 Å². The maximum atomic E-state index is 14.1. The SMILES string of the molecule is Cc1[nH]c2c(F)ccc(C)c2c1CCNC(=O)c1ccc(-c2cccc(C(N)=O)c2)s1. The molecule has 0 bridgehead atoms. The Kier molecular flexibility index (Phi) is 5.61. The topological polar surface area (TPSA) is 88.0 Å². The number of rotatable bonds is 6. The molecule has 0 atom stereocenters. The molecule has 31 heavy (non-hydrogen) atoms. The van der Waals surface area contributed by atoms with E-state index in [1.807, 2.05) is 26.0 Å². The molecular formula is C24H22FN3O2S. The number of aromatic nitrogens is 1. The van der Waals surface area contributed by atoms with Gasteiger partial charge >= 0.3 is 0 Å². The Hall–Kier alpha value is -3.45. The van der Waals surface area contributed by atoms with Gasteiger partial charge in [0, 0.05) is 28.1 Å². The minimum atomic E-state index is -0.487. The molecule has 4 rings (SSSR count). The van der Waals surface area contributed by atoms with Crippen LogP contribution in [-0.4, -0.2) is 23.3 Å². The zero-order chi connectivity index (χ0) is 22.1. The number of carbonyl (C=O) groups excluding carboxylic acids is 2. The van der Waals surface area contributed by atoms with Crippen LogP contribution in [0, 0.1) is 19.7 Å². The second-order valence-electron chi connectivity index (χ2n) is 7.46. The fraction of sp³-hybridized carbons (Fsp3) is 0.167. The number of hydrogen-bond acceptors (Lipinski definition) is 3. The van der Waals surface area contributed by atoms with Crippen LogP contribution < -0.4 is 11.1 Å². The molecule has 7 heteroatoms. The van der Waals surface area contributed by atoms with Crippen LogP contribution in [0.2, 0.25) is 0 Å². The predicted molar refractivity (Wildman–Crippen MR) is 122 cm³/mol. The molecule has 158 valence electrons. The van der Waals surface area contributed by atoms with E-state index in [0.29, 0.717) is 28.9 Å². The first kappa shape index (κ1) is 20.8. The standard InChI is InChI=1S/C24H22FN3O2S/c1-13-6-7-18(25)22-21(13)17(14(2)28-22)10-11-27-24(30)20-9-8-19(31-20)15-4-3-5-16(12-15)23(26)29/h3-9,12,28H,10-11H2,1-2H3,(H2,26,29)(H,27,30). The highest BCUT2D eigenvalue weighted by Gasteiger charge is 2.15. The number of benzene rings is 2. The summed E-state index contributed by atoms with van der Waals surface area (Å²) in [5, 5.41) is 3.84. The van der Waals surface area contributed by atoms with Gasteiger partial charge in [0.1, 0.15) is 5.82 Å². The molecule has 0 saturated heterocycles. The smallest absolute Gasteiger partial charge is 0.261 e. The van der Waals surface area contributed by atoms with E-state index >= 15 is 0 Å². The Morgan fingerprint density at radius 3 is 2.71 bits per heavy atom. The molecule has 0 aliphatic rings. The monoisotopic (exact) mass is 435 g/mol. The summed E-state index contributed by atoms with van der Waals surface area (Å²) in [6.45, 7) is 4.31. The first-order valence-corrected chi connectivity index (χ1v) is 10.7. The largest absolute Gasteiger partial charge is 0.366 e. The number of thiophene rings is 1. The van der Waals surface area contributed by atoms with E-state index < -0.39 is 5.91 Å². The number of primary amides is 1. The molecule has 0 unspecified atom stereocenters. The van der Waals surface area contributed by atoms with E-state index in [4.69, 9.17) is 5.73 Å². The Morgan fingerprint density at radius 2 is 1.94 bits per heavy atom. The lowest BCUT2D eigenvalue weighted by molar-refractivity contribution is 0.0956. The van der Waals surface area contributed by atoms with Crippen molar-refractivity contribution in [2.24, 2.45) is 5.73 Å². The summed E-state index contributed by atoms with van der Waals surface area (Å²) >= 11 is 1.35. The minimum Gasteiger partial charge on any atom is -0.366 e. The fourth-order valence-corrected chi connectivity index (χ4v) is 4.70. The van der Waals surface area contributed by atoms with E-state index in [9.17, 15) is 14.0 Å². The Bertz CT molecular complexity index is 1310. The van der Waals surface area contributed by atoms with Crippen molar-refractivity contribution in [1.29, 1.82) is 0 Å². The molecule has 2 aromatic heterocycles. The van der Waals surface area contributed by atoms with E-state index in [0.717, 1.165) is 32.6 Å². The molecule has 5 nitrogen and oxygen atoms in total. The maximum absolute atomic E-state index is 14.1. The quantitative estimate of drug-likeness (QED) is 0.409. The number of fused-ring (bicyclic) bond motifs is 1. The van der Waals surface area contributed by atoms with E-state index in [2.05, 4.69) is 10.3 Å². The molecule has 2 heterocycles. The summed E-state index contributed by atoms with van der Waals surface area (Å²) in [4.78, 5) is 28.6. The van der Waals surface area contributed by atoms with Gasteiger partial charge in [-0.3, -0.25) is 9.59 Å². The third-order valence-corrected chi connectivity index (χ3v) is 6.48. The average Bonchev–Trinajstić information content (AvgIpc) is 3.37. The van der Waals surface area contributed by atoms with Crippen LogP contribution in [0.5, 0.6) is 0 Å². The van der Waals surface area contributed by atoms with Crippen LogP contribution in [-0.2, 0) is 6.42 Å². The number of amides is 2. The molecule has 0 fully saturated rings. The second-order valence-corrected chi connectivity index (χ2v) is 8.54. The Labute approximate surface area is 183 Å². The van der Waals surface area contributed by atoms with Crippen LogP contribution in [0.4, 0.5) is 4.39 Å². The van der Waals surface area contributed by atoms with Crippen molar-refractivity contribution in [2.75, 3.05) is 6.54 Å². The summed E-state index contributed by atoms with van der Waals surface area (Å²) in [5.41, 5.74) is 10.1. The van der Waals surface area contributed by atoms with Gasteiger partial charge in [0.05, 0.1) is 10.4 Å². The van der Waals surface area contributed by atoms with Crippen LogP contribution in [0.3, 0.4) is 0 Å². The van der Waals surface area contributed by atoms with Gasteiger partial charge in [0.2, 0.25) is 5.91 Å². The summed E-state index contributed by atoms with van der Waals surface area (Å²) in [6.07, 6.45) is 0.598. The normalized spacial score (nSPS) is 11.1. The molecular weight excluding hydrogens is 413 g/mol. The van der Waals surface area contributed by atoms with Gasteiger partial charge in [-0.25, -0.2) is 4.39 Å². The summed E-state index contributed by atoms with van der Waals surface area (Å²) in [6, 6.07) is 13.9. The van der Waals surface area contributed by atoms with Crippen molar-refractivity contribution >= 4 is 34.1 Å². The van der Waals surface area contributed by atoms with Crippen molar-refractivity contribution in [3.63, 3.8) is 0 Å². The summed E-state index contributed by atoms with van der Waals surface area (Å²) in [7, 11) is 0. The number of aryl methyl sites for hydroxylation is 2. The van der Waals surface area contributed by atoms with Crippen molar-refractivity contribution < 1.29 is 14.0 Å². The van der Waals surface area contributed by atoms with Crippen LogP contribution >= 0.6 is 11.3 Å². The number of carbonyl (C=O) groups is 2. The number of halogens is 1. The number of nitrogens with one attached hydrogen (secondary N) is 2. The van der Waals surface area contributed by atoms with Crippen LogP contribution in [0.15, 0.2) is 48.5 Å². The van der Waals surface area contributed by atoms with Crippen LogP contribution in [0.1, 0.15) is 36.9 Å². The molecule has 0 aliphatic heterocycles. The summed E-state index contributed by atoms with van der Waals surface area (Å²) < 4.78 is 14.1. The highest BCUT2D eigenvalue weighted by molar-refractivity contribution is 7.17. The van der Waals surface area contributed by atoms with Crippen molar-refractivity contribution in [3.05, 3.63) is 81.6 Å².